The number of rotatable bonds is 3. The van der Waals surface area contributed by atoms with Crippen LogP contribution in [0.15, 0.2) is 17.1 Å². The fourth-order valence-corrected chi connectivity index (χ4v) is 3.09. The van der Waals surface area contributed by atoms with E-state index < -0.39 is 5.91 Å². The molecule has 3 rings (SSSR count). The van der Waals surface area contributed by atoms with Gasteiger partial charge < -0.3 is 27.4 Å². The molecule has 7 nitrogen and oxygen atoms in total. The second-order valence-electron chi connectivity index (χ2n) is 5.62. The van der Waals surface area contributed by atoms with E-state index in [9.17, 15) is 4.79 Å². The van der Waals surface area contributed by atoms with Gasteiger partial charge in [-0.2, -0.15) is 0 Å². The lowest BCUT2D eigenvalue weighted by molar-refractivity contribution is -0.116. The Kier molecular flexibility index (Phi) is 3.84. The Balaban J connectivity index is 1.92. The normalized spacial score (nSPS) is 19.0. The van der Waals surface area contributed by atoms with Gasteiger partial charge in [-0.25, -0.2) is 4.99 Å². The molecule has 1 aromatic carbocycles. The van der Waals surface area contributed by atoms with Crippen LogP contribution in [-0.2, 0) is 4.79 Å². The van der Waals surface area contributed by atoms with E-state index in [1.165, 1.54) is 0 Å². The van der Waals surface area contributed by atoms with Crippen molar-refractivity contribution >= 4 is 40.4 Å². The molecule has 0 radical (unpaired) electrons. The molecular formula is C14H19ClN6O. The quantitative estimate of drug-likeness (QED) is 0.563. The number of hydrogen-bond acceptors (Lipinski definition) is 6. The van der Waals surface area contributed by atoms with Gasteiger partial charge in [-0.1, -0.05) is 11.6 Å². The number of nitrogens with two attached hydrogens (primary N) is 2. The van der Waals surface area contributed by atoms with E-state index in [0.29, 0.717) is 22.2 Å². The number of fused-ring (bicyclic) bond motifs is 1. The lowest BCUT2D eigenvalue weighted by Crippen LogP contribution is -2.57. The van der Waals surface area contributed by atoms with Gasteiger partial charge in [0, 0.05) is 0 Å². The molecule has 0 bridgehead atoms. The summed E-state index contributed by atoms with van der Waals surface area (Å²) >= 11 is 6.21. The predicted octanol–water partition coefficient (Wildman–Crippen LogP) is 0.774. The van der Waals surface area contributed by atoms with Crippen molar-refractivity contribution in [3.8, 4) is 0 Å². The van der Waals surface area contributed by atoms with Gasteiger partial charge in [-0.3, -0.25) is 4.79 Å². The second kappa shape index (κ2) is 5.66. The summed E-state index contributed by atoms with van der Waals surface area (Å²) in [6.07, 6.45) is 1.74. The van der Waals surface area contributed by atoms with Crippen molar-refractivity contribution in [3.05, 3.63) is 17.2 Å². The molecule has 0 aromatic heterocycles. The first-order valence-electron chi connectivity index (χ1n) is 7.19. The lowest BCUT2D eigenvalue weighted by atomic mass is 9.85. The van der Waals surface area contributed by atoms with Crippen LogP contribution in [0.5, 0.6) is 0 Å². The molecule has 0 saturated carbocycles. The summed E-state index contributed by atoms with van der Waals surface area (Å²) in [4.78, 5) is 15.4. The first kappa shape index (κ1) is 14.9. The number of carbonyl (C=O) groups is 1. The molecule has 7 N–H and O–H groups in total. The van der Waals surface area contributed by atoms with Crippen LogP contribution in [0.25, 0.3) is 0 Å². The Morgan fingerprint density at radius 2 is 2.14 bits per heavy atom. The highest BCUT2D eigenvalue weighted by Crippen LogP contribution is 2.41. The topological polar surface area (TPSA) is 118 Å². The number of amides is 1. The molecule has 22 heavy (non-hydrogen) atoms. The molecule has 2 aliphatic heterocycles. The summed E-state index contributed by atoms with van der Waals surface area (Å²) in [5, 5.41) is 10.2. The summed E-state index contributed by atoms with van der Waals surface area (Å²) in [5.41, 5.74) is 13.2. The van der Waals surface area contributed by atoms with Crippen LogP contribution in [-0.4, -0.2) is 36.9 Å². The van der Waals surface area contributed by atoms with Gasteiger partial charge >= 0.3 is 0 Å². The third-order valence-corrected chi connectivity index (χ3v) is 4.41. The average Bonchev–Trinajstić information content (AvgIpc) is 2.48. The van der Waals surface area contributed by atoms with Crippen molar-refractivity contribution in [2.24, 2.45) is 16.5 Å². The minimum atomic E-state index is -0.446. The van der Waals surface area contributed by atoms with Crippen molar-refractivity contribution in [1.29, 1.82) is 0 Å². The summed E-state index contributed by atoms with van der Waals surface area (Å²) in [6, 6.07) is 3.58. The Hall–Kier alpha value is -1.99. The van der Waals surface area contributed by atoms with Crippen LogP contribution < -0.4 is 27.4 Å². The number of nitrogens with one attached hydrogen (secondary N) is 3. The van der Waals surface area contributed by atoms with Crippen molar-refractivity contribution in [3.63, 3.8) is 0 Å². The number of amidine groups is 1. The first-order chi connectivity index (χ1) is 10.5. The molecule has 1 amide bonds. The smallest absolute Gasteiger partial charge is 0.236 e. The number of nitrogens with zero attached hydrogens (tertiary/aromatic N) is 1. The van der Waals surface area contributed by atoms with E-state index in [1.807, 2.05) is 6.07 Å². The van der Waals surface area contributed by atoms with Crippen LogP contribution in [0.1, 0.15) is 12.8 Å². The number of aliphatic imine (C=N–C) groups is 1. The zero-order valence-electron chi connectivity index (χ0n) is 12.1. The number of benzene rings is 1. The van der Waals surface area contributed by atoms with Gasteiger partial charge in [0.15, 0.2) is 0 Å². The van der Waals surface area contributed by atoms with Crippen molar-refractivity contribution in [2.75, 3.05) is 30.3 Å². The minimum Gasteiger partial charge on any atom is -0.385 e. The number of carbonyl (C=O) groups excluding carboxylic acids is 1. The third kappa shape index (κ3) is 2.69. The molecule has 0 aliphatic carbocycles. The van der Waals surface area contributed by atoms with Gasteiger partial charge in [0.25, 0.3) is 0 Å². The third-order valence-electron chi connectivity index (χ3n) is 4.10. The Bertz CT molecular complexity index is 638. The Morgan fingerprint density at radius 1 is 1.41 bits per heavy atom. The summed E-state index contributed by atoms with van der Waals surface area (Å²) in [5.74, 6) is 0.147. The van der Waals surface area contributed by atoms with Gasteiger partial charge in [-0.05, 0) is 38.1 Å². The van der Waals surface area contributed by atoms with Crippen LogP contribution >= 0.6 is 11.6 Å². The van der Waals surface area contributed by atoms with Crippen LogP contribution in [0.4, 0.5) is 17.1 Å². The van der Waals surface area contributed by atoms with Crippen molar-refractivity contribution in [2.45, 2.75) is 18.4 Å². The number of primary amides is 1. The van der Waals surface area contributed by atoms with E-state index in [4.69, 9.17) is 23.1 Å². The minimum absolute atomic E-state index is 0.0268. The lowest BCUT2D eigenvalue weighted by Gasteiger charge is -2.41. The second-order valence-corrected chi connectivity index (χ2v) is 6.03. The van der Waals surface area contributed by atoms with Crippen LogP contribution in [0, 0.1) is 0 Å². The zero-order valence-corrected chi connectivity index (χ0v) is 12.8. The standard InChI is InChI=1S/C14H19ClN6O/c15-8-5-10-11(6-9(8)19-7-12(16)22)21-14(13(17)20-10)1-3-18-4-2-14/h5-6,18-19,21H,1-4,7H2,(H2,16,22)(H2,17,20). The van der Waals surface area contributed by atoms with Crippen molar-refractivity contribution < 1.29 is 4.79 Å². The molecule has 1 aromatic rings. The summed E-state index contributed by atoms with van der Waals surface area (Å²) in [7, 11) is 0. The molecule has 1 fully saturated rings. The predicted molar refractivity (Wildman–Crippen MR) is 88.9 cm³/mol. The molecule has 1 saturated heterocycles. The molecule has 0 unspecified atom stereocenters. The van der Waals surface area contributed by atoms with Gasteiger partial charge in [0.1, 0.15) is 5.84 Å². The Labute approximate surface area is 133 Å². The molecule has 1 spiro atoms. The molecule has 2 aliphatic rings. The zero-order chi connectivity index (χ0) is 15.7. The molecule has 118 valence electrons. The summed E-state index contributed by atoms with van der Waals surface area (Å²) < 4.78 is 0. The maximum atomic E-state index is 10.9. The molecular weight excluding hydrogens is 304 g/mol. The van der Waals surface area contributed by atoms with Gasteiger partial charge in [0.05, 0.1) is 34.2 Å². The fraction of sp³-hybridized carbons (Fsp3) is 0.429. The van der Waals surface area contributed by atoms with E-state index >= 15 is 0 Å². The van der Waals surface area contributed by atoms with Gasteiger partial charge in [0.2, 0.25) is 5.91 Å². The maximum absolute atomic E-state index is 10.9. The monoisotopic (exact) mass is 322 g/mol. The molecule has 2 heterocycles. The van der Waals surface area contributed by atoms with E-state index in [-0.39, 0.29) is 12.1 Å². The highest BCUT2D eigenvalue weighted by atomic mass is 35.5. The van der Waals surface area contributed by atoms with Gasteiger partial charge in [-0.15, -0.1) is 0 Å². The van der Waals surface area contributed by atoms with Crippen molar-refractivity contribution in [1.82, 2.24) is 5.32 Å². The number of hydrogen-bond donors (Lipinski definition) is 5. The fourth-order valence-electron chi connectivity index (χ4n) is 2.87. The Morgan fingerprint density at radius 3 is 2.82 bits per heavy atom. The highest BCUT2D eigenvalue weighted by molar-refractivity contribution is 6.33. The van der Waals surface area contributed by atoms with E-state index in [2.05, 4.69) is 20.9 Å². The average molecular weight is 323 g/mol. The first-order valence-corrected chi connectivity index (χ1v) is 7.57. The summed E-state index contributed by atoms with van der Waals surface area (Å²) in [6.45, 7) is 1.80. The highest BCUT2D eigenvalue weighted by Gasteiger charge is 2.39. The van der Waals surface area contributed by atoms with Crippen LogP contribution in [0.2, 0.25) is 5.02 Å². The SMILES string of the molecule is NC(=O)CNc1cc2c(cc1Cl)N=C(N)C1(CCNCC1)N2. The van der Waals surface area contributed by atoms with E-state index in [1.54, 1.807) is 6.07 Å². The maximum Gasteiger partial charge on any atom is 0.236 e. The largest absolute Gasteiger partial charge is 0.385 e. The van der Waals surface area contributed by atoms with Crippen LogP contribution in [0.3, 0.4) is 0 Å². The number of halogens is 1. The number of piperidine rings is 1. The molecule has 0 atom stereocenters. The molecule has 8 heteroatoms. The van der Waals surface area contributed by atoms with E-state index in [0.717, 1.165) is 31.6 Å². The number of anilines is 2.